The summed E-state index contributed by atoms with van der Waals surface area (Å²) in [5.74, 6) is -3.84. The number of benzene rings is 2. The Morgan fingerprint density at radius 2 is 1.81 bits per heavy atom. The number of nitrogen functional groups attached to an aromatic ring is 1. The molecule has 3 aromatic rings. The van der Waals surface area contributed by atoms with Crippen LogP contribution in [-0.4, -0.2) is 15.2 Å². The topological polar surface area (TPSA) is 67.6 Å². The lowest BCUT2D eigenvalue weighted by molar-refractivity contribution is 0.448. The van der Waals surface area contributed by atoms with Gasteiger partial charge in [-0.15, -0.1) is 0 Å². The second kappa shape index (κ2) is 4.93. The van der Waals surface area contributed by atoms with Gasteiger partial charge in [-0.1, -0.05) is 12.1 Å². The van der Waals surface area contributed by atoms with Crippen molar-refractivity contribution in [2.24, 2.45) is 0 Å². The molecule has 0 bridgehead atoms. The molecular weight excluding hydrogens is 281 g/mol. The number of nitrogens with zero attached hydrogens (tertiary/aromatic N) is 2. The molecule has 1 heterocycles. The zero-order valence-electron chi connectivity index (χ0n) is 10.6. The Bertz CT molecular complexity index is 814. The zero-order valence-corrected chi connectivity index (χ0v) is 10.6. The number of nitrogens with two attached hydrogens (primary N) is 1. The Morgan fingerprint density at radius 3 is 2.57 bits per heavy atom. The van der Waals surface area contributed by atoms with Crippen molar-refractivity contribution < 1.29 is 13.2 Å². The molecular formula is C14H9F3N4. The molecule has 0 saturated heterocycles. The third-order valence-corrected chi connectivity index (χ3v) is 2.92. The third kappa shape index (κ3) is 2.33. The van der Waals surface area contributed by atoms with Crippen molar-refractivity contribution >= 4 is 5.69 Å². The Morgan fingerprint density at radius 1 is 1.00 bits per heavy atom. The van der Waals surface area contributed by atoms with E-state index in [-0.39, 0.29) is 17.2 Å². The van der Waals surface area contributed by atoms with E-state index in [2.05, 4.69) is 15.2 Å². The molecule has 0 fully saturated rings. The Kier molecular flexibility index (Phi) is 3.09. The van der Waals surface area contributed by atoms with E-state index in [4.69, 9.17) is 5.73 Å². The van der Waals surface area contributed by atoms with Gasteiger partial charge in [0.15, 0.2) is 29.1 Å². The molecule has 1 aromatic heterocycles. The summed E-state index contributed by atoms with van der Waals surface area (Å²) in [5, 5.41) is 6.42. The van der Waals surface area contributed by atoms with Gasteiger partial charge in [-0.2, -0.15) is 5.10 Å². The summed E-state index contributed by atoms with van der Waals surface area (Å²) in [6, 6.07) is 8.72. The number of anilines is 1. The molecule has 106 valence electrons. The van der Waals surface area contributed by atoms with Crippen molar-refractivity contribution in [3.05, 3.63) is 53.8 Å². The van der Waals surface area contributed by atoms with Crippen LogP contribution in [-0.2, 0) is 0 Å². The zero-order chi connectivity index (χ0) is 15.0. The highest BCUT2D eigenvalue weighted by atomic mass is 19.2. The van der Waals surface area contributed by atoms with Crippen LogP contribution in [0.25, 0.3) is 22.8 Å². The summed E-state index contributed by atoms with van der Waals surface area (Å²) in [6.45, 7) is 0. The molecule has 0 aliphatic rings. The van der Waals surface area contributed by atoms with Crippen molar-refractivity contribution in [1.82, 2.24) is 15.2 Å². The summed E-state index contributed by atoms with van der Waals surface area (Å²) in [4.78, 5) is 4.07. The molecule has 3 rings (SSSR count). The lowest BCUT2D eigenvalue weighted by Crippen LogP contribution is -1.95. The van der Waals surface area contributed by atoms with E-state index >= 15 is 0 Å². The standard InChI is InChI=1S/C14H9F3N4/c15-10-5-4-9(11(16)12(10)17)14-19-13(20-21-14)7-2-1-3-8(18)6-7/h1-6H,18H2,(H,19,20,21). The largest absolute Gasteiger partial charge is 0.399 e. The fraction of sp³-hybridized carbons (Fsp3) is 0. The van der Waals surface area contributed by atoms with Gasteiger partial charge < -0.3 is 5.73 Å². The lowest BCUT2D eigenvalue weighted by atomic mass is 10.2. The van der Waals surface area contributed by atoms with Gasteiger partial charge in [-0.3, -0.25) is 5.10 Å². The van der Waals surface area contributed by atoms with Crippen LogP contribution in [0.4, 0.5) is 18.9 Å². The van der Waals surface area contributed by atoms with E-state index < -0.39 is 17.5 Å². The van der Waals surface area contributed by atoms with E-state index in [1.54, 1.807) is 24.3 Å². The molecule has 0 unspecified atom stereocenters. The van der Waals surface area contributed by atoms with Crippen molar-refractivity contribution in [3.63, 3.8) is 0 Å². The molecule has 0 aliphatic heterocycles. The maximum absolute atomic E-state index is 13.7. The predicted octanol–water partition coefficient (Wildman–Crippen LogP) is 3.14. The number of hydrogen-bond donors (Lipinski definition) is 2. The first-order chi connectivity index (χ1) is 10.1. The molecule has 4 nitrogen and oxygen atoms in total. The normalized spacial score (nSPS) is 10.8. The Hall–Kier alpha value is -2.83. The van der Waals surface area contributed by atoms with Crippen molar-refractivity contribution in [2.75, 3.05) is 5.73 Å². The predicted molar refractivity (Wildman–Crippen MR) is 71.5 cm³/mol. The van der Waals surface area contributed by atoms with Gasteiger partial charge >= 0.3 is 0 Å². The van der Waals surface area contributed by atoms with E-state index in [9.17, 15) is 13.2 Å². The molecule has 0 amide bonds. The number of nitrogens with one attached hydrogen (secondary N) is 1. The summed E-state index contributed by atoms with van der Waals surface area (Å²) in [5.41, 5.74) is 6.61. The molecule has 0 aliphatic carbocycles. The lowest BCUT2D eigenvalue weighted by Gasteiger charge is -2.00. The van der Waals surface area contributed by atoms with Crippen LogP contribution >= 0.6 is 0 Å². The smallest absolute Gasteiger partial charge is 0.195 e. The second-order valence-corrected chi connectivity index (χ2v) is 4.36. The monoisotopic (exact) mass is 290 g/mol. The minimum Gasteiger partial charge on any atom is -0.399 e. The number of halogens is 3. The minimum atomic E-state index is -1.55. The molecule has 0 saturated carbocycles. The van der Waals surface area contributed by atoms with Gasteiger partial charge in [-0.05, 0) is 24.3 Å². The average molecular weight is 290 g/mol. The molecule has 0 atom stereocenters. The summed E-state index contributed by atoms with van der Waals surface area (Å²) < 4.78 is 39.8. The number of aromatic nitrogens is 3. The highest BCUT2D eigenvalue weighted by Gasteiger charge is 2.17. The van der Waals surface area contributed by atoms with Gasteiger partial charge in [-0.25, -0.2) is 18.2 Å². The van der Waals surface area contributed by atoms with Crippen molar-refractivity contribution in [2.45, 2.75) is 0 Å². The SMILES string of the molecule is Nc1cccc(-c2n[nH]c(-c3ccc(F)c(F)c3F)n2)c1. The third-order valence-electron chi connectivity index (χ3n) is 2.92. The number of hydrogen-bond acceptors (Lipinski definition) is 3. The minimum absolute atomic E-state index is 0.00354. The molecule has 0 radical (unpaired) electrons. The van der Waals surface area contributed by atoms with Crippen LogP contribution < -0.4 is 5.73 Å². The summed E-state index contributed by atoms with van der Waals surface area (Å²) >= 11 is 0. The quantitative estimate of drug-likeness (QED) is 0.563. The van der Waals surface area contributed by atoms with Crippen LogP contribution in [0.15, 0.2) is 36.4 Å². The molecule has 21 heavy (non-hydrogen) atoms. The molecule has 2 aromatic carbocycles. The summed E-state index contributed by atoms with van der Waals surface area (Å²) in [6.07, 6.45) is 0. The molecule has 0 spiro atoms. The first-order valence-electron chi connectivity index (χ1n) is 5.98. The fourth-order valence-corrected chi connectivity index (χ4v) is 1.90. The molecule has 7 heteroatoms. The first kappa shape index (κ1) is 13.2. The van der Waals surface area contributed by atoms with Gasteiger partial charge in [0.05, 0.1) is 5.56 Å². The Balaban J connectivity index is 2.05. The van der Waals surface area contributed by atoms with Crippen LogP contribution in [0.3, 0.4) is 0 Å². The van der Waals surface area contributed by atoms with Gasteiger partial charge in [0.25, 0.3) is 0 Å². The second-order valence-electron chi connectivity index (χ2n) is 4.36. The van der Waals surface area contributed by atoms with Crippen molar-refractivity contribution in [3.8, 4) is 22.8 Å². The van der Waals surface area contributed by atoms with Gasteiger partial charge in [0.1, 0.15) is 0 Å². The van der Waals surface area contributed by atoms with Gasteiger partial charge in [0.2, 0.25) is 0 Å². The van der Waals surface area contributed by atoms with Crippen LogP contribution in [0, 0.1) is 17.5 Å². The number of H-pyrrole nitrogens is 1. The van der Waals surface area contributed by atoms with Crippen LogP contribution in [0.1, 0.15) is 0 Å². The maximum atomic E-state index is 13.7. The van der Waals surface area contributed by atoms with Gasteiger partial charge in [0, 0.05) is 11.3 Å². The number of aromatic amines is 1. The highest BCUT2D eigenvalue weighted by Crippen LogP contribution is 2.25. The van der Waals surface area contributed by atoms with E-state index in [0.717, 1.165) is 12.1 Å². The van der Waals surface area contributed by atoms with E-state index in [1.807, 2.05) is 0 Å². The van der Waals surface area contributed by atoms with Crippen molar-refractivity contribution in [1.29, 1.82) is 0 Å². The van der Waals surface area contributed by atoms with E-state index in [0.29, 0.717) is 11.3 Å². The number of rotatable bonds is 2. The Labute approximate surface area is 117 Å². The summed E-state index contributed by atoms with van der Waals surface area (Å²) in [7, 11) is 0. The van der Waals surface area contributed by atoms with Crippen LogP contribution in [0.5, 0.6) is 0 Å². The maximum Gasteiger partial charge on any atom is 0.195 e. The molecule has 3 N–H and O–H groups in total. The van der Waals surface area contributed by atoms with Crippen LogP contribution in [0.2, 0.25) is 0 Å². The fourth-order valence-electron chi connectivity index (χ4n) is 1.90. The average Bonchev–Trinajstić information content (AvgIpc) is 2.94. The first-order valence-corrected chi connectivity index (χ1v) is 5.98. The highest BCUT2D eigenvalue weighted by molar-refractivity contribution is 5.64. The van der Waals surface area contributed by atoms with E-state index in [1.165, 1.54) is 0 Å².